The molecule has 3 aromatic rings. The molecule has 0 aliphatic heterocycles. The Hall–Kier alpha value is -3.26. The van der Waals surface area contributed by atoms with Crippen molar-refractivity contribution in [3.8, 4) is 11.4 Å². The summed E-state index contributed by atoms with van der Waals surface area (Å²) in [6, 6.07) is 8.68. The summed E-state index contributed by atoms with van der Waals surface area (Å²) in [5, 5.41) is 9.56. The van der Waals surface area contributed by atoms with Gasteiger partial charge in [0.15, 0.2) is 5.82 Å². The first-order chi connectivity index (χ1) is 13.0. The fourth-order valence-corrected chi connectivity index (χ4v) is 2.82. The molecule has 3 rings (SSSR count). The number of H-pyrrole nitrogens is 1. The van der Waals surface area contributed by atoms with Gasteiger partial charge in [0, 0.05) is 11.2 Å². The number of carbonyl (C=O) groups excluding carboxylic acids is 2. The van der Waals surface area contributed by atoms with E-state index >= 15 is 0 Å². The van der Waals surface area contributed by atoms with Crippen molar-refractivity contribution in [2.75, 3.05) is 0 Å². The molecule has 0 fully saturated rings. The highest BCUT2D eigenvalue weighted by molar-refractivity contribution is 6.30. The van der Waals surface area contributed by atoms with Crippen LogP contribution in [0, 0.1) is 5.82 Å². The van der Waals surface area contributed by atoms with Crippen LogP contribution in [0.25, 0.3) is 11.4 Å². The highest BCUT2D eigenvalue weighted by Crippen LogP contribution is 2.24. The van der Waals surface area contributed by atoms with Crippen molar-refractivity contribution < 1.29 is 14.0 Å². The lowest BCUT2D eigenvalue weighted by atomic mass is 10.0. The van der Waals surface area contributed by atoms with E-state index in [0.29, 0.717) is 10.6 Å². The molecule has 1 atom stereocenters. The number of nitrogens with one attached hydrogen (secondary N) is 2. The molecule has 27 heavy (non-hydrogen) atoms. The standard InChI is InChI=1S/C18H15ClFN5O2/c19-11-4-1-3-10(7-11)14(8-15(21)26)24-18(27)12-9-23-25-16(12)17-13(20)5-2-6-22-17/h1-7,9,14H,8H2,(H2,21,26)(H,23,25)(H,24,27). The van der Waals surface area contributed by atoms with Crippen LogP contribution < -0.4 is 11.1 Å². The molecule has 0 saturated heterocycles. The van der Waals surface area contributed by atoms with Crippen LogP contribution in [-0.4, -0.2) is 27.0 Å². The number of rotatable bonds is 6. The lowest BCUT2D eigenvalue weighted by molar-refractivity contribution is -0.118. The molecule has 0 aliphatic carbocycles. The SMILES string of the molecule is NC(=O)CC(NC(=O)c1cn[nH]c1-c1ncccc1F)c1cccc(Cl)c1. The number of carbonyl (C=O) groups is 2. The summed E-state index contributed by atoms with van der Waals surface area (Å²) in [6.45, 7) is 0. The summed E-state index contributed by atoms with van der Waals surface area (Å²) in [5.74, 6) is -1.75. The monoisotopic (exact) mass is 387 g/mol. The van der Waals surface area contributed by atoms with E-state index in [1.807, 2.05) is 0 Å². The summed E-state index contributed by atoms with van der Waals surface area (Å²) in [5.41, 5.74) is 6.11. The van der Waals surface area contributed by atoms with Gasteiger partial charge in [0.1, 0.15) is 5.69 Å². The molecule has 2 heterocycles. The van der Waals surface area contributed by atoms with E-state index in [2.05, 4.69) is 20.5 Å². The van der Waals surface area contributed by atoms with Gasteiger partial charge in [-0.3, -0.25) is 19.7 Å². The fourth-order valence-electron chi connectivity index (χ4n) is 2.62. The second-order valence-electron chi connectivity index (χ2n) is 5.74. The average molecular weight is 388 g/mol. The Morgan fingerprint density at radius 2 is 2.11 bits per heavy atom. The fraction of sp³-hybridized carbons (Fsp3) is 0.111. The summed E-state index contributed by atoms with van der Waals surface area (Å²) in [7, 11) is 0. The zero-order chi connectivity index (χ0) is 19.4. The van der Waals surface area contributed by atoms with E-state index in [4.69, 9.17) is 17.3 Å². The predicted octanol–water partition coefficient (Wildman–Crippen LogP) is 2.61. The molecule has 2 aromatic heterocycles. The molecule has 2 amide bonds. The van der Waals surface area contributed by atoms with Crippen LogP contribution in [0.5, 0.6) is 0 Å². The summed E-state index contributed by atoms with van der Waals surface area (Å²) in [4.78, 5) is 28.1. The van der Waals surface area contributed by atoms with Gasteiger partial charge in [-0.25, -0.2) is 4.39 Å². The van der Waals surface area contributed by atoms with Crippen molar-refractivity contribution in [1.82, 2.24) is 20.5 Å². The van der Waals surface area contributed by atoms with Crippen molar-refractivity contribution in [3.05, 3.63) is 70.8 Å². The lowest BCUT2D eigenvalue weighted by Crippen LogP contribution is -2.32. The number of nitrogens with zero attached hydrogens (tertiary/aromatic N) is 2. The largest absolute Gasteiger partial charge is 0.370 e. The second kappa shape index (κ2) is 7.96. The lowest BCUT2D eigenvalue weighted by Gasteiger charge is -2.18. The van der Waals surface area contributed by atoms with Gasteiger partial charge < -0.3 is 11.1 Å². The van der Waals surface area contributed by atoms with Gasteiger partial charge in [-0.1, -0.05) is 23.7 Å². The first kappa shape index (κ1) is 18.5. The zero-order valence-electron chi connectivity index (χ0n) is 13.9. The first-order valence-corrected chi connectivity index (χ1v) is 8.32. The van der Waals surface area contributed by atoms with E-state index in [9.17, 15) is 14.0 Å². The maximum Gasteiger partial charge on any atom is 0.255 e. The Balaban J connectivity index is 1.90. The molecule has 138 valence electrons. The van der Waals surface area contributed by atoms with E-state index in [0.717, 1.165) is 0 Å². The van der Waals surface area contributed by atoms with Crippen LogP contribution in [-0.2, 0) is 4.79 Å². The van der Waals surface area contributed by atoms with Crippen LogP contribution in [0.1, 0.15) is 28.4 Å². The minimum absolute atomic E-state index is 0.0330. The minimum Gasteiger partial charge on any atom is -0.370 e. The van der Waals surface area contributed by atoms with Crippen LogP contribution in [0.4, 0.5) is 4.39 Å². The summed E-state index contributed by atoms with van der Waals surface area (Å²) in [6.07, 6.45) is 2.54. The van der Waals surface area contributed by atoms with Crippen molar-refractivity contribution in [2.45, 2.75) is 12.5 Å². The van der Waals surface area contributed by atoms with Crippen molar-refractivity contribution in [3.63, 3.8) is 0 Å². The molecule has 1 unspecified atom stereocenters. The van der Waals surface area contributed by atoms with Gasteiger partial charge in [0.05, 0.1) is 29.9 Å². The van der Waals surface area contributed by atoms with E-state index < -0.39 is 23.7 Å². The molecule has 0 saturated carbocycles. The molecule has 0 aliphatic rings. The molecule has 9 heteroatoms. The number of halogens is 2. The Morgan fingerprint density at radius 1 is 1.30 bits per heavy atom. The predicted molar refractivity (Wildman–Crippen MR) is 97.2 cm³/mol. The number of hydrogen-bond donors (Lipinski definition) is 3. The number of nitrogens with two attached hydrogens (primary N) is 1. The maximum absolute atomic E-state index is 14.0. The van der Waals surface area contributed by atoms with Gasteiger partial charge in [-0.05, 0) is 29.8 Å². The van der Waals surface area contributed by atoms with Crippen molar-refractivity contribution in [1.29, 1.82) is 0 Å². The maximum atomic E-state index is 14.0. The molecular formula is C18H15ClFN5O2. The van der Waals surface area contributed by atoms with Gasteiger partial charge in [0.25, 0.3) is 5.91 Å². The number of primary amides is 1. The van der Waals surface area contributed by atoms with E-state index in [-0.39, 0.29) is 23.4 Å². The Morgan fingerprint density at radius 3 is 2.81 bits per heavy atom. The van der Waals surface area contributed by atoms with Gasteiger partial charge in [-0.15, -0.1) is 0 Å². The first-order valence-electron chi connectivity index (χ1n) is 7.94. The van der Waals surface area contributed by atoms with Crippen LogP contribution in [0.2, 0.25) is 5.02 Å². The quantitative estimate of drug-likeness (QED) is 0.603. The normalized spacial score (nSPS) is 11.8. The molecule has 0 radical (unpaired) electrons. The molecule has 7 nitrogen and oxygen atoms in total. The Bertz CT molecular complexity index is 991. The van der Waals surface area contributed by atoms with Crippen molar-refractivity contribution >= 4 is 23.4 Å². The molecule has 1 aromatic carbocycles. The highest BCUT2D eigenvalue weighted by Gasteiger charge is 2.23. The van der Waals surface area contributed by atoms with Gasteiger partial charge >= 0.3 is 0 Å². The number of aromatic nitrogens is 3. The number of amides is 2. The number of benzene rings is 1. The van der Waals surface area contributed by atoms with Crippen LogP contribution in [0.15, 0.2) is 48.8 Å². The second-order valence-corrected chi connectivity index (χ2v) is 6.18. The molecule has 0 spiro atoms. The third-order valence-corrected chi connectivity index (χ3v) is 4.08. The van der Waals surface area contributed by atoms with Crippen LogP contribution >= 0.6 is 11.6 Å². The number of pyridine rings is 1. The third kappa shape index (κ3) is 4.29. The summed E-state index contributed by atoms with van der Waals surface area (Å²) >= 11 is 5.99. The Labute approximate surface area is 158 Å². The third-order valence-electron chi connectivity index (χ3n) is 3.84. The van der Waals surface area contributed by atoms with E-state index in [1.54, 1.807) is 24.3 Å². The topological polar surface area (TPSA) is 114 Å². The highest BCUT2D eigenvalue weighted by atomic mass is 35.5. The zero-order valence-corrected chi connectivity index (χ0v) is 14.7. The smallest absolute Gasteiger partial charge is 0.255 e. The Kier molecular flexibility index (Phi) is 5.46. The van der Waals surface area contributed by atoms with E-state index in [1.165, 1.54) is 24.5 Å². The van der Waals surface area contributed by atoms with Crippen molar-refractivity contribution in [2.24, 2.45) is 5.73 Å². The number of aromatic amines is 1. The average Bonchev–Trinajstić information content (AvgIpc) is 3.11. The van der Waals surface area contributed by atoms with Crippen LogP contribution in [0.3, 0.4) is 0 Å². The van der Waals surface area contributed by atoms with Gasteiger partial charge in [0.2, 0.25) is 5.91 Å². The molecule has 4 N–H and O–H groups in total. The van der Waals surface area contributed by atoms with Gasteiger partial charge in [-0.2, -0.15) is 5.10 Å². The summed E-state index contributed by atoms with van der Waals surface area (Å²) < 4.78 is 14.0. The molecule has 0 bridgehead atoms. The number of hydrogen-bond acceptors (Lipinski definition) is 4. The molecular weight excluding hydrogens is 373 g/mol. The minimum atomic E-state index is -0.704.